The Balaban J connectivity index is 2.14. The lowest BCUT2D eigenvalue weighted by Gasteiger charge is -2.05. The van der Waals surface area contributed by atoms with Gasteiger partial charge in [-0.2, -0.15) is 13.2 Å². The summed E-state index contributed by atoms with van der Waals surface area (Å²) < 4.78 is 36.9. The van der Waals surface area contributed by atoms with E-state index in [9.17, 15) is 13.2 Å². The standard InChI is InChI=1S/C9H11F3/c1-5-3-2-4-6-7(5)8(6)9(10,11)12/h3,6-8H,2,4H2,1H3. The lowest BCUT2D eigenvalue weighted by Crippen LogP contribution is -2.12. The molecule has 0 aliphatic heterocycles. The molecule has 2 aliphatic carbocycles. The van der Waals surface area contributed by atoms with Gasteiger partial charge in [0, 0.05) is 0 Å². The van der Waals surface area contributed by atoms with Crippen LogP contribution in [0.3, 0.4) is 0 Å². The molecule has 0 radical (unpaired) electrons. The monoisotopic (exact) mass is 176 g/mol. The third kappa shape index (κ3) is 1.06. The van der Waals surface area contributed by atoms with E-state index in [4.69, 9.17) is 0 Å². The molecule has 0 bridgehead atoms. The highest BCUT2D eigenvalue weighted by Crippen LogP contribution is 2.62. The molecule has 0 nitrogen and oxygen atoms in total. The number of hydrogen-bond donors (Lipinski definition) is 0. The molecule has 0 N–H and O–H groups in total. The molecule has 0 heterocycles. The average molecular weight is 176 g/mol. The maximum atomic E-state index is 12.3. The zero-order chi connectivity index (χ0) is 8.93. The molecule has 1 saturated carbocycles. The maximum Gasteiger partial charge on any atom is 0.392 e. The van der Waals surface area contributed by atoms with Gasteiger partial charge in [-0.1, -0.05) is 11.6 Å². The van der Waals surface area contributed by atoms with Crippen LogP contribution in [0.4, 0.5) is 13.2 Å². The molecule has 0 aromatic rings. The Kier molecular flexibility index (Phi) is 1.54. The van der Waals surface area contributed by atoms with E-state index in [-0.39, 0.29) is 11.8 Å². The Hall–Kier alpha value is -0.470. The van der Waals surface area contributed by atoms with Crippen molar-refractivity contribution in [2.45, 2.75) is 25.9 Å². The highest BCUT2D eigenvalue weighted by atomic mass is 19.4. The summed E-state index contributed by atoms with van der Waals surface area (Å²) >= 11 is 0. The Labute approximate surface area is 69.5 Å². The van der Waals surface area contributed by atoms with Crippen LogP contribution in [0.5, 0.6) is 0 Å². The third-order valence-corrected chi connectivity index (χ3v) is 3.04. The van der Waals surface area contributed by atoms with Gasteiger partial charge in [0.1, 0.15) is 0 Å². The minimum atomic E-state index is -3.96. The number of alkyl halides is 3. The fraction of sp³-hybridized carbons (Fsp3) is 0.778. The fourth-order valence-corrected chi connectivity index (χ4v) is 2.44. The van der Waals surface area contributed by atoms with E-state index in [0.717, 1.165) is 18.4 Å². The summed E-state index contributed by atoms with van der Waals surface area (Å²) in [6.07, 6.45) is -0.451. The summed E-state index contributed by atoms with van der Waals surface area (Å²) in [6, 6.07) is 0. The Morgan fingerprint density at radius 3 is 2.58 bits per heavy atom. The molecule has 12 heavy (non-hydrogen) atoms. The summed E-state index contributed by atoms with van der Waals surface area (Å²) in [6.45, 7) is 1.82. The van der Waals surface area contributed by atoms with E-state index in [1.165, 1.54) is 0 Å². The zero-order valence-corrected chi connectivity index (χ0v) is 6.86. The van der Waals surface area contributed by atoms with Crippen LogP contribution in [-0.4, -0.2) is 6.18 Å². The normalized spacial score (nSPS) is 40.3. The molecular weight excluding hydrogens is 165 g/mol. The van der Waals surface area contributed by atoms with Crippen molar-refractivity contribution in [1.29, 1.82) is 0 Å². The van der Waals surface area contributed by atoms with Crippen LogP contribution < -0.4 is 0 Å². The second-order valence-corrected chi connectivity index (χ2v) is 3.78. The van der Waals surface area contributed by atoms with Crippen molar-refractivity contribution >= 4 is 0 Å². The van der Waals surface area contributed by atoms with Gasteiger partial charge in [0.25, 0.3) is 0 Å². The number of rotatable bonds is 0. The molecule has 0 aromatic heterocycles. The van der Waals surface area contributed by atoms with E-state index in [0.29, 0.717) is 0 Å². The van der Waals surface area contributed by atoms with Crippen LogP contribution in [0.15, 0.2) is 11.6 Å². The third-order valence-electron chi connectivity index (χ3n) is 3.04. The summed E-state index contributed by atoms with van der Waals surface area (Å²) in [5.74, 6) is -1.27. The number of hydrogen-bond acceptors (Lipinski definition) is 0. The van der Waals surface area contributed by atoms with Crippen molar-refractivity contribution in [3.8, 4) is 0 Å². The molecule has 68 valence electrons. The first-order valence-corrected chi connectivity index (χ1v) is 4.25. The van der Waals surface area contributed by atoms with E-state index in [2.05, 4.69) is 0 Å². The molecule has 0 spiro atoms. The summed E-state index contributed by atoms with van der Waals surface area (Å²) in [5.41, 5.74) is 0.952. The molecular formula is C9H11F3. The molecule has 2 aliphatic rings. The highest BCUT2D eigenvalue weighted by Gasteiger charge is 2.64. The van der Waals surface area contributed by atoms with Crippen molar-refractivity contribution in [3.63, 3.8) is 0 Å². The average Bonchev–Trinajstić information content (AvgIpc) is 2.60. The van der Waals surface area contributed by atoms with Crippen LogP contribution in [-0.2, 0) is 0 Å². The van der Waals surface area contributed by atoms with Gasteiger partial charge in [0.15, 0.2) is 0 Å². The van der Waals surface area contributed by atoms with Gasteiger partial charge in [-0.3, -0.25) is 0 Å². The summed E-state index contributed by atoms with van der Waals surface area (Å²) in [4.78, 5) is 0. The van der Waals surface area contributed by atoms with Gasteiger partial charge < -0.3 is 0 Å². The number of fused-ring (bicyclic) bond motifs is 1. The molecule has 3 unspecified atom stereocenters. The van der Waals surface area contributed by atoms with Crippen LogP contribution in [0.1, 0.15) is 19.8 Å². The second kappa shape index (κ2) is 2.27. The van der Waals surface area contributed by atoms with Crippen molar-refractivity contribution in [3.05, 3.63) is 11.6 Å². The molecule has 3 heteroatoms. The number of halogens is 3. The second-order valence-electron chi connectivity index (χ2n) is 3.78. The first kappa shape index (κ1) is 8.14. The van der Waals surface area contributed by atoms with Crippen molar-refractivity contribution in [1.82, 2.24) is 0 Å². The molecule has 0 saturated heterocycles. The van der Waals surface area contributed by atoms with Crippen LogP contribution in [0.2, 0.25) is 0 Å². The minimum Gasteiger partial charge on any atom is -0.171 e. The van der Waals surface area contributed by atoms with Gasteiger partial charge in [-0.15, -0.1) is 0 Å². The fourth-order valence-electron chi connectivity index (χ4n) is 2.44. The zero-order valence-electron chi connectivity index (χ0n) is 6.86. The SMILES string of the molecule is CC1=CCCC2C1C2C(F)(F)F. The Morgan fingerprint density at radius 2 is 2.08 bits per heavy atom. The van der Waals surface area contributed by atoms with Gasteiger partial charge >= 0.3 is 6.18 Å². The number of allylic oxidation sites excluding steroid dienone is 2. The van der Waals surface area contributed by atoms with Gasteiger partial charge in [0.05, 0.1) is 5.92 Å². The summed E-state index contributed by atoms with van der Waals surface area (Å²) in [5, 5.41) is 0. The van der Waals surface area contributed by atoms with E-state index >= 15 is 0 Å². The molecule has 0 amide bonds. The lowest BCUT2D eigenvalue weighted by molar-refractivity contribution is -0.153. The minimum absolute atomic E-state index is 0.0880. The summed E-state index contributed by atoms with van der Waals surface area (Å²) in [7, 11) is 0. The molecule has 2 rings (SSSR count). The first-order chi connectivity index (χ1) is 5.52. The highest BCUT2D eigenvalue weighted by molar-refractivity contribution is 5.22. The van der Waals surface area contributed by atoms with Gasteiger partial charge in [-0.25, -0.2) is 0 Å². The molecule has 1 fully saturated rings. The molecule has 3 atom stereocenters. The van der Waals surface area contributed by atoms with Gasteiger partial charge in [-0.05, 0) is 31.6 Å². The first-order valence-electron chi connectivity index (χ1n) is 4.25. The van der Waals surface area contributed by atoms with Crippen molar-refractivity contribution in [2.75, 3.05) is 0 Å². The van der Waals surface area contributed by atoms with E-state index in [1.807, 2.05) is 13.0 Å². The maximum absolute atomic E-state index is 12.3. The Bertz CT molecular complexity index is 226. The topological polar surface area (TPSA) is 0 Å². The Morgan fingerprint density at radius 1 is 1.42 bits per heavy atom. The van der Waals surface area contributed by atoms with Crippen LogP contribution in [0.25, 0.3) is 0 Å². The van der Waals surface area contributed by atoms with Crippen molar-refractivity contribution in [2.24, 2.45) is 17.8 Å². The van der Waals surface area contributed by atoms with E-state index in [1.54, 1.807) is 0 Å². The van der Waals surface area contributed by atoms with Crippen LogP contribution >= 0.6 is 0 Å². The van der Waals surface area contributed by atoms with Crippen LogP contribution in [0, 0.1) is 17.8 Å². The molecule has 0 aromatic carbocycles. The lowest BCUT2D eigenvalue weighted by atomic mass is 10.0. The predicted octanol–water partition coefficient (Wildman–Crippen LogP) is 3.15. The smallest absolute Gasteiger partial charge is 0.171 e. The van der Waals surface area contributed by atoms with Gasteiger partial charge in [0.2, 0.25) is 0 Å². The largest absolute Gasteiger partial charge is 0.392 e. The quantitative estimate of drug-likeness (QED) is 0.497. The van der Waals surface area contributed by atoms with Crippen molar-refractivity contribution < 1.29 is 13.2 Å². The predicted molar refractivity (Wildman–Crippen MR) is 39.5 cm³/mol. The van der Waals surface area contributed by atoms with E-state index < -0.39 is 12.1 Å².